The fourth-order valence-corrected chi connectivity index (χ4v) is 4.28. The average molecular weight is 496 g/mol. The molecule has 0 radical (unpaired) electrons. The number of methoxy groups -OCH3 is 1. The van der Waals surface area contributed by atoms with Crippen LogP contribution < -0.4 is 10.1 Å². The van der Waals surface area contributed by atoms with Crippen LogP contribution in [-0.4, -0.2) is 25.3 Å². The molecule has 2 aromatic heterocycles. The number of aromatic nitrogens is 1. The van der Waals surface area contributed by atoms with Crippen molar-refractivity contribution in [1.29, 1.82) is 5.26 Å². The molecule has 0 aliphatic carbocycles. The smallest absolute Gasteiger partial charge is 0.217 e. The van der Waals surface area contributed by atoms with E-state index in [1.54, 1.807) is 12.1 Å². The minimum atomic E-state index is -0.490. The minimum absolute atomic E-state index is 0.372. The maximum atomic E-state index is 9.68. The molecular formula is C25H19Cl2N3O4. The lowest BCUT2D eigenvalue weighted by atomic mass is 10.1. The molecule has 4 aromatic rings. The molecule has 0 amide bonds. The highest BCUT2D eigenvalue weighted by Crippen LogP contribution is 2.38. The number of fused-ring (bicyclic) bond motifs is 1. The van der Waals surface area contributed by atoms with Gasteiger partial charge in [-0.25, -0.2) is 0 Å². The van der Waals surface area contributed by atoms with Crippen molar-refractivity contribution in [1.82, 2.24) is 4.98 Å². The lowest BCUT2D eigenvalue weighted by Gasteiger charge is -2.21. The van der Waals surface area contributed by atoms with Crippen molar-refractivity contribution in [3.63, 3.8) is 0 Å². The van der Waals surface area contributed by atoms with Crippen molar-refractivity contribution >= 4 is 45.5 Å². The number of pyridine rings is 1. The molecule has 2 aromatic carbocycles. The molecule has 1 N–H and O–H groups in total. The van der Waals surface area contributed by atoms with E-state index in [2.05, 4.69) is 16.4 Å². The summed E-state index contributed by atoms with van der Waals surface area (Å²) >= 11 is 12.6. The summed E-state index contributed by atoms with van der Waals surface area (Å²) in [4.78, 5) is 4.48. The molecule has 5 rings (SSSR count). The summed E-state index contributed by atoms with van der Waals surface area (Å²) in [5.74, 6) is 1.75. The molecule has 172 valence electrons. The molecule has 3 heterocycles. The monoisotopic (exact) mass is 495 g/mol. The summed E-state index contributed by atoms with van der Waals surface area (Å²) in [6.45, 7) is 1.28. The normalized spacial score (nSPS) is 14.2. The Balaban J connectivity index is 1.52. The van der Waals surface area contributed by atoms with Gasteiger partial charge in [0.25, 0.3) is 0 Å². The Morgan fingerprint density at radius 3 is 2.68 bits per heavy atom. The Labute approximate surface area is 205 Å². The third kappa shape index (κ3) is 4.29. The standard InChI is InChI=1S/C25H19Cl2N3O4/c1-31-23-11-20(17(26)10-18(23)27)30-24-15(12-28)13-29-19-9-14(3-4-16(19)24)21-5-6-22(34-21)25-32-7-2-8-33-25/h3-6,9-11,13,25H,2,7-8H2,1H3,(H,29,30). The fraction of sp³-hybridized carbons (Fsp3) is 0.200. The number of ether oxygens (including phenoxy) is 3. The molecule has 0 saturated carbocycles. The Morgan fingerprint density at radius 1 is 1.09 bits per heavy atom. The lowest BCUT2D eigenvalue weighted by Crippen LogP contribution is -2.17. The number of halogens is 2. The van der Waals surface area contributed by atoms with Crippen LogP contribution in [0.15, 0.2) is 53.1 Å². The Hall–Kier alpha value is -3.28. The highest BCUT2D eigenvalue weighted by Gasteiger charge is 2.21. The number of nitrogens with one attached hydrogen (secondary N) is 1. The number of rotatable bonds is 5. The summed E-state index contributed by atoms with van der Waals surface area (Å²) in [5.41, 5.74) is 3.02. The van der Waals surface area contributed by atoms with Gasteiger partial charge in [-0.2, -0.15) is 5.26 Å². The highest BCUT2D eigenvalue weighted by atomic mass is 35.5. The molecular weight excluding hydrogens is 477 g/mol. The molecule has 7 nitrogen and oxygen atoms in total. The molecule has 0 bridgehead atoms. The first-order chi connectivity index (χ1) is 16.6. The first kappa shape index (κ1) is 22.5. The van der Waals surface area contributed by atoms with E-state index in [-0.39, 0.29) is 0 Å². The summed E-state index contributed by atoms with van der Waals surface area (Å²) in [5, 5.41) is 14.5. The van der Waals surface area contributed by atoms with Gasteiger partial charge in [0.05, 0.1) is 52.8 Å². The second-order valence-electron chi connectivity index (χ2n) is 7.61. The van der Waals surface area contributed by atoms with Crippen LogP contribution in [-0.2, 0) is 9.47 Å². The highest BCUT2D eigenvalue weighted by molar-refractivity contribution is 6.37. The molecule has 1 fully saturated rings. The van der Waals surface area contributed by atoms with E-state index < -0.39 is 6.29 Å². The molecule has 1 aliphatic heterocycles. The van der Waals surface area contributed by atoms with Gasteiger partial charge in [-0.15, -0.1) is 0 Å². The molecule has 9 heteroatoms. The van der Waals surface area contributed by atoms with Crippen molar-refractivity contribution in [3.8, 4) is 23.1 Å². The van der Waals surface area contributed by atoms with Crippen molar-refractivity contribution in [3.05, 3.63) is 70.0 Å². The van der Waals surface area contributed by atoms with Crippen molar-refractivity contribution in [2.75, 3.05) is 25.6 Å². The van der Waals surface area contributed by atoms with Crippen LogP contribution in [0.1, 0.15) is 24.0 Å². The minimum Gasteiger partial charge on any atom is -0.495 e. The maximum absolute atomic E-state index is 9.68. The predicted molar refractivity (Wildman–Crippen MR) is 130 cm³/mol. The van der Waals surface area contributed by atoms with Gasteiger partial charge in [0.1, 0.15) is 17.6 Å². The van der Waals surface area contributed by atoms with Crippen LogP contribution in [0.3, 0.4) is 0 Å². The predicted octanol–water partition coefficient (Wildman–Crippen LogP) is 6.86. The second kappa shape index (κ2) is 9.53. The van der Waals surface area contributed by atoms with E-state index in [4.69, 9.17) is 41.8 Å². The zero-order valence-corrected chi connectivity index (χ0v) is 19.6. The zero-order chi connectivity index (χ0) is 23.7. The van der Waals surface area contributed by atoms with Crippen LogP contribution in [0, 0.1) is 11.3 Å². The SMILES string of the molecule is COc1cc(Nc2c(C#N)cnc3cc(-c4ccc(C5OCCCO5)o4)ccc23)c(Cl)cc1Cl. The second-order valence-corrected chi connectivity index (χ2v) is 8.43. The van der Waals surface area contributed by atoms with E-state index in [1.807, 2.05) is 30.3 Å². The van der Waals surface area contributed by atoms with Gasteiger partial charge in [-0.05, 0) is 36.8 Å². The van der Waals surface area contributed by atoms with Crippen LogP contribution in [0.4, 0.5) is 11.4 Å². The van der Waals surface area contributed by atoms with Crippen LogP contribution in [0.5, 0.6) is 5.75 Å². The third-order valence-corrected chi connectivity index (χ3v) is 6.07. The van der Waals surface area contributed by atoms with E-state index in [1.165, 1.54) is 13.3 Å². The van der Waals surface area contributed by atoms with E-state index in [0.29, 0.717) is 63.0 Å². The first-order valence-corrected chi connectivity index (χ1v) is 11.3. The third-order valence-electron chi connectivity index (χ3n) is 5.46. The lowest BCUT2D eigenvalue weighted by molar-refractivity contribution is -0.191. The van der Waals surface area contributed by atoms with Gasteiger partial charge in [-0.1, -0.05) is 29.3 Å². The van der Waals surface area contributed by atoms with Gasteiger partial charge < -0.3 is 23.9 Å². The number of nitrogens with zero attached hydrogens (tertiary/aromatic N) is 2. The Kier molecular flexibility index (Phi) is 6.31. The fourth-order valence-electron chi connectivity index (χ4n) is 3.77. The van der Waals surface area contributed by atoms with Gasteiger partial charge >= 0.3 is 0 Å². The van der Waals surface area contributed by atoms with E-state index in [9.17, 15) is 5.26 Å². The number of furan rings is 1. The number of nitriles is 1. The summed E-state index contributed by atoms with van der Waals surface area (Å²) in [7, 11) is 1.52. The summed E-state index contributed by atoms with van der Waals surface area (Å²) < 4.78 is 22.5. The largest absolute Gasteiger partial charge is 0.495 e. The molecule has 0 spiro atoms. The Morgan fingerprint density at radius 2 is 1.91 bits per heavy atom. The summed E-state index contributed by atoms with van der Waals surface area (Å²) in [6, 6.07) is 14.9. The molecule has 1 saturated heterocycles. The van der Waals surface area contributed by atoms with Gasteiger partial charge in [0, 0.05) is 23.2 Å². The van der Waals surface area contributed by atoms with Gasteiger partial charge in [0.2, 0.25) is 6.29 Å². The van der Waals surface area contributed by atoms with Gasteiger partial charge in [0.15, 0.2) is 5.76 Å². The topological polar surface area (TPSA) is 89.5 Å². The van der Waals surface area contributed by atoms with Crippen LogP contribution in [0.25, 0.3) is 22.2 Å². The number of hydrogen-bond acceptors (Lipinski definition) is 7. The summed E-state index contributed by atoms with van der Waals surface area (Å²) in [6.07, 6.45) is 1.90. The maximum Gasteiger partial charge on any atom is 0.217 e. The first-order valence-electron chi connectivity index (χ1n) is 10.5. The molecule has 1 aliphatic rings. The molecule has 0 unspecified atom stereocenters. The number of hydrogen-bond donors (Lipinski definition) is 1. The van der Waals surface area contributed by atoms with Crippen LogP contribution >= 0.6 is 23.2 Å². The van der Waals surface area contributed by atoms with Crippen LogP contribution in [0.2, 0.25) is 10.0 Å². The molecule has 0 atom stereocenters. The van der Waals surface area contributed by atoms with Crippen molar-refractivity contribution < 1.29 is 18.6 Å². The number of benzene rings is 2. The zero-order valence-electron chi connectivity index (χ0n) is 18.1. The quantitative estimate of drug-likeness (QED) is 0.323. The van der Waals surface area contributed by atoms with Crippen molar-refractivity contribution in [2.45, 2.75) is 12.7 Å². The van der Waals surface area contributed by atoms with Crippen molar-refractivity contribution in [2.24, 2.45) is 0 Å². The Bertz CT molecular complexity index is 1410. The van der Waals surface area contributed by atoms with Gasteiger partial charge in [-0.3, -0.25) is 4.98 Å². The average Bonchev–Trinajstić information content (AvgIpc) is 3.36. The van der Waals surface area contributed by atoms with E-state index >= 15 is 0 Å². The molecule has 34 heavy (non-hydrogen) atoms. The van der Waals surface area contributed by atoms with E-state index in [0.717, 1.165) is 17.4 Å². The number of anilines is 2.